The van der Waals surface area contributed by atoms with Crippen molar-refractivity contribution in [1.29, 1.82) is 0 Å². The first kappa shape index (κ1) is 32.7. The van der Waals surface area contributed by atoms with Crippen LogP contribution in [0.2, 0.25) is 0 Å². The fourth-order valence-corrected chi connectivity index (χ4v) is 7.68. The van der Waals surface area contributed by atoms with Crippen molar-refractivity contribution in [1.82, 2.24) is 9.80 Å². The number of fused-ring (bicyclic) bond motifs is 2. The van der Waals surface area contributed by atoms with E-state index in [1.165, 1.54) is 36.4 Å². The van der Waals surface area contributed by atoms with E-state index in [1.807, 2.05) is 24.3 Å². The number of benzene rings is 3. The van der Waals surface area contributed by atoms with Gasteiger partial charge in [0.25, 0.3) is 0 Å². The standard InChI is InChI=1S/C38H38F2N2O7/c1-47-28-6-2-24(3-7-28)18-25(36(46)42-16-12-38(13-17-42)23-32(44)30-21-27(40)5-9-34(30)49-38)19-35(45)41-14-10-37(11-15-41)22-31(43)29-20-26(39)4-8-33(29)48-37/h2-9,20-21,25H,10-19,22-23H2,1H3. The number of piperidine rings is 2. The molecule has 0 bridgehead atoms. The van der Waals surface area contributed by atoms with E-state index in [2.05, 4.69) is 0 Å². The Hall–Kier alpha value is -4.80. The van der Waals surface area contributed by atoms with Gasteiger partial charge in [0.2, 0.25) is 11.8 Å². The van der Waals surface area contributed by atoms with Gasteiger partial charge in [-0.2, -0.15) is 0 Å². The van der Waals surface area contributed by atoms with Gasteiger partial charge in [0, 0.05) is 58.3 Å². The Morgan fingerprint density at radius 1 is 0.755 bits per heavy atom. The molecule has 1 atom stereocenters. The highest BCUT2D eigenvalue weighted by Gasteiger charge is 2.46. The van der Waals surface area contributed by atoms with Crippen molar-refractivity contribution < 1.29 is 42.2 Å². The van der Waals surface area contributed by atoms with Gasteiger partial charge in [-0.25, -0.2) is 8.78 Å². The summed E-state index contributed by atoms with van der Waals surface area (Å²) in [7, 11) is 1.58. The molecule has 9 nitrogen and oxygen atoms in total. The summed E-state index contributed by atoms with van der Waals surface area (Å²) in [6.07, 6.45) is 2.37. The zero-order chi connectivity index (χ0) is 34.3. The second-order valence-corrected chi connectivity index (χ2v) is 13.7. The number of methoxy groups -OCH3 is 1. The average Bonchev–Trinajstić information content (AvgIpc) is 3.09. The lowest BCUT2D eigenvalue weighted by atomic mass is 9.81. The molecule has 1 unspecified atom stereocenters. The molecule has 11 heteroatoms. The molecule has 4 heterocycles. The second kappa shape index (κ2) is 12.9. The van der Waals surface area contributed by atoms with Crippen LogP contribution in [0.25, 0.3) is 0 Å². The highest BCUT2D eigenvalue weighted by Crippen LogP contribution is 2.41. The monoisotopic (exact) mass is 672 g/mol. The largest absolute Gasteiger partial charge is 0.497 e. The lowest BCUT2D eigenvalue weighted by molar-refractivity contribution is -0.145. The maximum atomic E-state index is 14.1. The number of rotatable bonds is 6. The summed E-state index contributed by atoms with van der Waals surface area (Å²) in [5.74, 6) is -0.816. The summed E-state index contributed by atoms with van der Waals surface area (Å²) in [6, 6.07) is 15.4. The smallest absolute Gasteiger partial charge is 0.226 e. The molecule has 0 saturated carbocycles. The molecule has 2 amide bonds. The number of likely N-dealkylation sites (tertiary alicyclic amines) is 2. The number of ether oxygens (including phenoxy) is 3. The molecular weight excluding hydrogens is 634 g/mol. The molecule has 2 spiro atoms. The maximum Gasteiger partial charge on any atom is 0.226 e. The first-order chi connectivity index (χ1) is 23.5. The van der Waals surface area contributed by atoms with E-state index in [0.29, 0.717) is 75.5 Å². The predicted octanol–water partition coefficient (Wildman–Crippen LogP) is 5.58. The van der Waals surface area contributed by atoms with Crippen LogP contribution in [0.1, 0.15) is 71.2 Å². The molecule has 2 fully saturated rings. The number of halogens is 2. The van der Waals surface area contributed by atoms with Crippen molar-refractivity contribution in [2.45, 2.75) is 62.6 Å². The van der Waals surface area contributed by atoms with Crippen LogP contribution in [0.3, 0.4) is 0 Å². The summed E-state index contributed by atoms with van der Waals surface area (Å²) in [5.41, 5.74) is -0.131. The molecule has 7 rings (SSSR count). The summed E-state index contributed by atoms with van der Waals surface area (Å²) in [5, 5.41) is 0. The lowest BCUT2D eigenvalue weighted by Gasteiger charge is -2.45. The molecule has 0 aliphatic carbocycles. The van der Waals surface area contributed by atoms with Gasteiger partial charge in [-0.1, -0.05) is 12.1 Å². The summed E-state index contributed by atoms with van der Waals surface area (Å²) in [4.78, 5) is 57.2. The molecule has 0 radical (unpaired) electrons. The molecule has 3 aromatic carbocycles. The Bertz CT molecular complexity index is 1790. The third-order valence-corrected chi connectivity index (χ3v) is 10.5. The zero-order valence-electron chi connectivity index (χ0n) is 27.3. The Morgan fingerprint density at radius 2 is 1.24 bits per heavy atom. The fourth-order valence-electron chi connectivity index (χ4n) is 7.68. The predicted molar refractivity (Wildman–Crippen MR) is 174 cm³/mol. The minimum absolute atomic E-state index is 0.00925. The zero-order valence-corrected chi connectivity index (χ0v) is 27.3. The summed E-state index contributed by atoms with van der Waals surface area (Å²) >= 11 is 0. The number of carbonyl (C=O) groups excluding carboxylic acids is 4. The number of nitrogens with zero attached hydrogens (tertiary/aromatic N) is 2. The maximum absolute atomic E-state index is 14.1. The van der Waals surface area contributed by atoms with E-state index in [9.17, 15) is 28.0 Å². The molecule has 0 aromatic heterocycles. The Balaban J connectivity index is 1.02. The van der Waals surface area contributed by atoms with E-state index >= 15 is 0 Å². The van der Waals surface area contributed by atoms with Crippen LogP contribution >= 0.6 is 0 Å². The quantitative estimate of drug-likeness (QED) is 0.337. The normalized spacial score (nSPS) is 19.8. The van der Waals surface area contributed by atoms with Crippen LogP contribution < -0.4 is 14.2 Å². The van der Waals surface area contributed by atoms with E-state index in [-0.39, 0.29) is 53.8 Å². The molecule has 3 aromatic rings. The first-order valence-corrected chi connectivity index (χ1v) is 16.8. The summed E-state index contributed by atoms with van der Waals surface area (Å²) in [6.45, 7) is 1.46. The number of hydrogen-bond acceptors (Lipinski definition) is 7. The van der Waals surface area contributed by atoms with Crippen LogP contribution in [-0.2, 0) is 16.0 Å². The van der Waals surface area contributed by atoms with Gasteiger partial charge in [-0.05, 0) is 60.5 Å². The molecule has 2 saturated heterocycles. The van der Waals surface area contributed by atoms with Crippen molar-refractivity contribution >= 4 is 23.4 Å². The molecule has 4 aliphatic rings. The van der Waals surface area contributed by atoms with Crippen LogP contribution in [0.4, 0.5) is 8.78 Å². The first-order valence-electron chi connectivity index (χ1n) is 16.8. The Kier molecular flexibility index (Phi) is 8.62. The van der Waals surface area contributed by atoms with Crippen LogP contribution in [0.5, 0.6) is 17.2 Å². The molecule has 256 valence electrons. The topological polar surface area (TPSA) is 102 Å². The van der Waals surface area contributed by atoms with Gasteiger partial charge >= 0.3 is 0 Å². The SMILES string of the molecule is COc1ccc(CC(CC(=O)N2CCC3(CC2)CC(=O)c2cc(F)ccc2O3)C(=O)N2CCC3(CC2)CC(=O)c2cc(F)ccc2O3)cc1. The van der Waals surface area contributed by atoms with Crippen molar-refractivity contribution in [3.8, 4) is 17.2 Å². The van der Waals surface area contributed by atoms with Gasteiger partial charge in [0.15, 0.2) is 11.6 Å². The lowest BCUT2D eigenvalue weighted by Crippen LogP contribution is -2.54. The van der Waals surface area contributed by atoms with Crippen molar-refractivity contribution in [2.75, 3.05) is 33.3 Å². The van der Waals surface area contributed by atoms with Crippen LogP contribution in [0, 0.1) is 17.6 Å². The molecule has 49 heavy (non-hydrogen) atoms. The highest BCUT2D eigenvalue weighted by atomic mass is 19.1. The van der Waals surface area contributed by atoms with Crippen molar-refractivity contribution in [3.63, 3.8) is 0 Å². The molecular formula is C38H38F2N2O7. The molecule has 0 N–H and O–H groups in total. The number of amides is 2. The minimum atomic E-state index is -0.763. The van der Waals surface area contributed by atoms with E-state index in [0.717, 1.165) is 5.56 Å². The fraction of sp³-hybridized carbons (Fsp3) is 0.421. The second-order valence-electron chi connectivity index (χ2n) is 13.7. The summed E-state index contributed by atoms with van der Waals surface area (Å²) < 4.78 is 45.3. The van der Waals surface area contributed by atoms with Gasteiger partial charge in [-0.3, -0.25) is 19.2 Å². The highest BCUT2D eigenvalue weighted by molar-refractivity contribution is 6.01. The van der Waals surface area contributed by atoms with Gasteiger partial charge in [0.1, 0.15) is 40.1 Å². The third kappa shape index (κ3) is 6.63. The van der Waals surface area contributed by atoms with E-state index in [4.69, 9.17) is 14.2 Å². The van der Waals surface area contributed by atoms with Gasteiger partial charge in [0.05, 0.1) is 37.0 Å². The van der Waals surface area contributed by atoms with Gasteiger partial charge in [-0.15, -0.1) is 0 Å². The van der Waals surface area contributed by atoms with Crippen molar-refractivity contribution in [3.05, 3.63) is 89.0 Å². The third-order valence-electron chi connectivity index (χ3n) is 10.5. The van der Waals surface area contributed by atoms with Crippen LogP contribution in [-0.4, -0.2) is 77.7 Å². The Labute approximate surface area is 283 Å². The average molecular weight is 673 g/mol. The van der Waals surface area contributed by atoms with E-state index in [1.54, 1.807) is 16.9 Å². The molecule has 4 aliphatic heterocycles. The van der Waals surface area contributed by atoms with Crippen LogP contribution in [0.15, 0.2) is 60.7 Å². The number of ketones is 2. The van der Waals surface area contributed by atoms with Gasteiger partial charge < -0.3 is 24.0 Å². The number of Topliss-reactive ketones (excluding diaryl/α,β-unsaturated/α-hetero) is 2. The Morgan fingerprint density at radius 3 is 1.73 bits per heavy atom. The minimum Gasteiger partial charge on any atom is -0.497 e. The van der Waals surface area contributed by atoms with Crippen molar-refractivity contribution in [2.24, 2.45) is 5.92 Å². The van der Waals surface area contributed by atoms with E-state index < -0.39 is 28.8 Å². The number of carbonyl (C=O) groups is 4. The number of hydrogen-bond donors (Lipinski definition) is 0.